The van der Waals surface area contributed by atoms with Gasteiger partial charge in [0, 0.05) is 12.0 Å². The average Bonchev–Trinajstić information content (AvgIpc) is 2.98. The van der Waals surface area contributed by atoms with E-state index in [2.05, 4.69) is 31.4 Å². The fraction of sp³-hybridized carbons (Fsp3) is 0.529. The minimum atomic E-state index is -0.688. The maximum atomic E-state index is 11.6. The van der Waals surface area contributed by atoms with Gasteiger partial charge in [0.15, 0.2) is 0 Å². The Morgan fingerprint density at radius 2 is 2.05 bits per heavy atom. The van der Waals surface area contributed by atoms with E-state index < -0.39 is 5.97 Å². The summed E-state index contributed by atoms with van der Waals surface area (Å²) in [5.41, 5.74) is 2.07. The van der Waals surface area contributed by atoms with Crippen LogP contribution in [0.5, 0.6) is 0 Å². The van der Waals surface area contributed by atoms with Crippen molar-refractivity contribution in [2.45, 2.75) is 45.6 Å². The van der Waals surface area contributed by atoms with Gasteiger partial charge in [-0.25, -0.2) is 4.98 Å². The van der Waals surface area contributed by atoms with Gasteiger partial charge in [-0.1, -0.05) is 19.1 Å². The molecule has 1 heterocycles. The molecule has 112 valence electrons. The maximum Gasteiger partial charge on any atom is 0.307 e. The van der Waals surface area contributed by atoms with Crippen molar-refractivity contribution in [1.29, 1.82) is 0 Å². The first-order valence-electron chi connectivity index (χ1n) is 7.68. The van der Waals surface area contributed by atoms with Crippen molar-refractivity contribution in [3.8, 4) is 0 Å². The molecule has 0 aliphatic heterocycles. The molecule has 1 aliphatic carbocycles. The van der Waals surface area contributed by atoms with Crippen LogP contribution in [0.2, 0.25) is 0 Å². The maximum absolute atomic E-state index is 11.6. The summed E-state index contributed by atoms with van der Waals surface area (Å²) in [6.07, 6.45) is 1.66. The Hall–Kier alpha value is -1.84. The number of carbonyl (C=O) groups is 1. The Balaban J connectivity index is 2.15. The fourth-order valence-electron chi connectivity index (χ4n) is 3.72. The second-order valence-corrected chi connectivity index (χ2v) is 6.55. The van der Waals surface area contributed by atoms with Gasteiger partial charge in [0.25, 0.3) is 0 Å². The van der Waals surface area contributed by atoms with E-state index in [4.69, 9.17) is 4.98 Å². The number of aliphatic carboxylic acids is 1. The zero-order chi connectivity index (χ0) is 15.1. The van der Waals surface area contributed by atoms with Crippen LogP contribution in [-0.2, 0) is 4.79 Å². The molecule has 0 amide bonds. The molecule has 3 atom stereocenters. The molecule has 4 nitrogen and oxygen atoms in total. The van der Waals surface area contributed by atoms with E-state index in [1.807, 2.05) is 18.2 Å². The molecular weight excluding hydrogens is 264 g/mol. The van der Waals surface area contributed by atoms with Crippen LogP contribution in [0.3, 0.4) is 0 Å². The van der Waals surface area contributed by atoms with Crippen LogP contribution in [0.15, 0.2) is 24.3 Å². The Bertz CT molecular complexity index is 674. The molecule has 1 aromatic carbocycles. The monoisotopic (exact) mass is 286 g/mol. The summed E-state index contributed by atoms with van der Waals surface area (Å²) >= 11 is 0. The quantitative estimate of drug-likeness (QED) is 0.933. The molecule has 1 aromatic heterocycles. The molecule has 1 N–H and O–H groups in total. The lowest BCUT2D eigenvalue weighted by atomic mass is 9.95. The number of hydrogen-bond donors (Lipinski definition) is 1. The summed E-state index contributed by atoms with van der Waals surface area (Å²) in [6, 6.07) is 8.35. The van der Waals surface area contributed by atoms with Gasteiger partial charge in [-0.05, 0) is 44.7 Å². The first-order valence-corrected chi connectivity index (χ1v) is 7.68. The molecular formula is C17H22N2O2. The highest BCUT2D eigenvalue weighted by Gasteiger charge is 2.40. The molecule has 1 saturated carbocycles. The Morgan fingerprint density at radius 1 is 1.33 bits per heavy atom. The topological polar surface area (TPSA) is 55.1 Å². The average molecular weight is 286 g/mol. The van der Waals surface area contributed by atoms with Crippen LogP contribution >= 0.6 is 0 Å². The van der Waals surface area contributed by atoms with Crippen LogP contribution in [0, 0.1) is 11.8 Å². The van der Waals surface area contributed by atoms with Gasteiger partial charge in [-0.15, -0.1) is 0 Å². The van der Waals surface area contributed by atoms with E-state index >= 15 is 0 Å². The van der Waals surface area contributed by atoms with Crippen molar-refractivity contribution in [1.82, 2.24) is 9.55 Å². The first kappa shape index (κ1) is 14.1. The molecule has 0 radical (unpaired) electrons. The number of rotatable bonds is 3. The molecule has 0 saturated heterocycles. The molecule has 4 heteroatoms. The first-order chi connectivity index (χ1) is 9.99. The van der Waals surface area contributed by atoms with E-state index in [1.54, 1.807) is 0 Å². The lowest BCUT2D eigenvalue weighted by Gasteiger charge is -2.20. The molecule has 0 bridgehead atoms. The number of hydrogen-bond acceptors (Lipinski definition) is 2. The van der Waals surface area contributed by atoms with Crippen LogP contribution in [-0.4, -0.2) is 20.6 Å². The fourth-order valence-corrected chi connectivity index (χ4v) is 3.72. The summed E-state index contributed by atoms with van der Waals surface area (Å²) in [6.45, 7) is 6.40. The third kappa shape index (κ3) is 2.33. The Labute approximate surface area is 124 Å². The number of fused-ring (bicyclic) bond motifs is 1. The summed E-state index contributed by atoms with van der Waals surface area (Å²) in [7, 11) is 0. The predicted molar refractivity (Wildman–Crippen MR) is 82.4 cm³/mol. The third-order valence-electron chi connectivity index (χ3n) is 4.59. The van der Waals surface area contributed by atoms with Crippen LogP contribution in [0.25, 0.3) is 11.0 Å². The Kier molecular flexibility index (Phi) is 3.47. The van der Waals surface area contributed by atoms with Crippen molar-refractivity contribution >= 4 is 17.0 Å². The highest BCUT2D eigenvalue weighted by atomic mass is 16.4. The standard InChI is InChI=1S/C17H22N2O2/c1-10(2)19-15-7-5-4-6-14(15)18-16(19)12-8-11(3)9-13(12)17(20)21/h4-7,10-13H,8-9H2,1-3H3,(H,20,21). The summed E-state index contributed by atoms with van der Waals surface area (Å²) in [4.78, 5) is 16.4. The predicted octanol–water partition coefficient (Wildman–Crippen LogP) is 3.83. The second kappa shape index (κ2) is 5.17. The van der Waals surface area contributed by atoms with Gasteiger partial charge in [0.1, 0.15) is 5.82 Å². The van der Waals surface area contributed by atoms with E-state index in [1.165, 1.54) is 0 Å². The third-order valence-corrected chi connectivity index (χ3v) is 4.59. The Morgan fingerprint density at radius 3 is 2.71 bits per heavy atom. The molecule has 3 unspecified atom stereocenters. The number of para-hydroxylation sites is 2. The van der Waals surface area contributed by atoms with Crippen molar-refractivity contribution in [2.75, 3.05) is 0 Å². The number of nitrogens with zero attached hydrogens (tertiary/aromatic N) is 2. The number of carboxylic acid groups (broad SMARTS) is 1. The van der Waals surface area contributed by atoms with E-state index in [9.17, 15) is 9.90 Å². The van der Waals surface area contributed by atoms with Crippen molar-refractivity contribution in [3.63, 3.8) is 0 Å². The number of imidazole rings is 1. The summed E-state index contributed by atoms with van der Waals surface area (Å²) in [5, 5.41) is 9.53. The molecule has 21 heavy (non-hydrogen) atoms. The van der Waals surface area contributed by atoms with E-state index in [0.717, 1.165) is 29.7 Å². The van der Waals surface area contributed by atoms with Crippen molar-refractivity contribution < 1.29 is 9.90 Å². The number of carboxylic acids is 1. The van der Waals surface area contributed by atoms with Crippen LogP contribution in [0.1, 0.15) is 51.4 Å². The van der Waals surface area contributed by atoms with Gasteiger partial charge in [0.05, 0.1) is 17.0 Å². The van der Waals surface area contributed by atoms with Crippen molar-refractivity contribution in [2.24, 2.45) is 11.8 Å². The van der Waals surface area contributed by atoms with E-state index in [0.29, 0.717) is 5.92 Å². The lowest BCUT2D eigenvalue weighted by Crippen LogP contribution is -2.20. The summed E-state index contributed by atoms with van der Waals surface area (Å²) < 4.78 is 2.22. The zero-order valence-electron chi connectivity index (χ0n) is 12.8. The highest BCUT2D eigenvalue weighted by Crippen LogP contribution is 2.44. The smallest absolute Gasteiger partial charge is 0.307 e. The number of aromatic nitrogens is 2. The largest absolute Gasteiger partial charge is 0.481 e. The molecule has 2 aromatic rings. The van der Waals surface area contributed by atoms with Gasteiger partial charge >= 0.3 is 5.97 Å². The minimum Gasteiger partial charge on any atom is -0.481 e. The van der Waals surface area contributed by atoms with Crippen molar-refractivity contribution in [3.05, 3.63) is 30.1 Å². The van der Waals surface area contributed by atoms with Gasteiger partial charge in [-0.3, -0.25) is 4.79 Å². The molecule has 0 spiro atoms. The van der Waals surface area contributed by atoms with Crippen LogP contribution in [0.4, 0.5) is 0 Å². The highest BCUT2D eigenvalue weighted by molar-refractivity contribution is 5.77. The number of benzene rings is 1. The van der Waals surface area contributed by atoms with Gasteiger partial charge in [0.2, 0.25) is 0 Å². The van der Waals surface area contributed by atoms with E-state index in [-0.39, 0.29) is 17.9 Å². The normalized spacial score (nSPS) is 25.8. The zero-order valence-corrected chi connectivity index (χ0v) is 12.8. The molecule has 1 fully saturated rings. The lowest BCUT2D eigenvalue weighted by molar-refractivity contribution is -0.142. The minimum absolute atomic E-state index is 0.0206. The second-order valence-electron chi connectivity index (χ2n) is 6.55. The SMILES string of the molecule is CC1CC(C(=O)O)C(c2nc3ccccc3n2C(C)C)C1. The van der Waals surface area contributed by atoms with Gasteiger partial charge in [-0.2, -0.15) is 0 Å². The van der Waals surface area contributed by atoms with Crippen LogP contribution < -0.4 is 0 Å². The van der Waals surface area contributed by atoms with Gasteiger partial charge < -0.3 is 9.67 Å². The molecule has 1 aliphatic rings. The molecule has 3 rings (SSSR count). The summed E-state index contributed by atoms with van der Waals surface area (Å²) in [5.74, 6) is 0.410.